The first kappa shape index (κ1) is 23.5. The Morgan fingerprint density at radius 2 is 1.63 bits per heavy atom. The summed E-state index contributed by atoms with van der Waals surface area (Å²) in [4.78, 5) is 15.4. The minimum atomic E-state index is -4.00. The van der Waals surface area contributed by atoms with Crippen molar-refractivity contribution in [3.05, 3.63) is 95.1 Å². The number of aryl methyl sites for hydroxylation is 1. The Kier molecular flexibility index (Phi) is 6.13. The van der Waals surface area contributed by atoms with E-state index in [9.17, 15) is 13.2 Å². The molecule has 2 heterocycles. The van der Waals surface area contributed by atoms with Gasteiger partial charge in [-0.05, 0) is 54.3 Å². The van der Waals surface area contributed by atoms with Crippen molar-refractivity contribution in [2.45, 2.75) is 36.5 Å². The van der Waals surface area contributed by atoms with Gasteiger partial charge in [0.2, 0.25) is 10.0 Å². The molecule has 8 heteroatoms. The Hall–Kier alpha value is -3.20. The molecule has 1 saturated heterocycles. The molecule has 0 radical (unpaired) electrons. The minimum Gasteiger partial charge on any atom is -0.497 e. The molecular weight excluding hydrogens is 464 g/mol. The van der Waals surface area contributed by atoms with Crippen LogP contribution in [0, 0.1) is 6.92 Å². The Labute approximate surface area is 205 Å². The molecule has 0 bridgehead atoms. The van der Waals surface area contributed by atoms with Gasteiger partial charge in [0.05, 0.1) is 25.2 Å². The summed E-state index contributed by atoms with van der Waals surface area (Å²) in [6.07, 6.45) is 0.0796. The van der Waals surface area contributed by atoms with Gasteiger partial charge in [-0.15, -0.1) is 0 Å². The molecule has 5 rings (SSSR count). The molecule has 0 saturated carbocycles. The molecule has 0 aromatic heterocycles. The smallest absolute Gasteiger partial charge is 0.325 e. The monoisotopic (exact) mass is 492 g/mol. The number of benzene rings is 3. The number of carbonyl (C=O) groups excluding carboxylic acids is 1. The van der Waals surface area contributed by atoms with E-state index in [2.05, 4.69) is 0 Å². The van der Waals surface area contributed by atoms with E-state index in [-0.39, 0.29) is 4.90 Å². The van der Waals surface area contributed by atoms with Crippen LogP contribution in [0.15, 0.2) is 77.7 Å². The highest BCUT2D eigenvalue weighted by Gasteiger charge is 2.57. The number of esters is 1. The van der Waals surface area contributed by atoms with Crippen LogP contribution >= 0.6 is 0 Å². The minimum absolute atomic E-state index is 0.190. The Morgan fingerprint density at radius 3 is 2.29 bits per heavy atom. The van der Waals surface area contributed by atoms with Crippen molar-refractivity contribution in [3.8, 4) is 5.75 Å². The second-order valence-electron chi connectivity index (χ2n) is 8.89. The lowest BCUT2D eigenvalue weighted by Crippen LogP contribution is -2.43. The van der Waals surface area contributed by atoms with Crippen molar-refractivity contribution in [1.82, 2.24) is 9.21 Å². The van der Waals surface area contributed by atoms with Gasteiger partial charge in [-0.1, -0.05) is 54.1 Å². The van der Waals surface area contributed by atoms with Crippen molar-refractivity contribution < 1.29 is 22.7 Å². The Morgan fingerprint density at radius 1 is 0.943 bits per heavy atom. The summed E-state index contributed by atoms with van der Waals surface area (Å²) in [5, 5.41) is 0. The number of hydrogen-bond donors (Lipinski definition) is 0. The summed E-state index contributed by atoms with van der Waals surface area (Å²) >= 11 is 0. The van der Waals surface area contributed by atoms with Crippen molar-refractivity contribution in [1.29, 1.82) is 0 Å². The van der Waals surface area contributed by atoms with Gasteiger partial charge < -0.3 is 9.47 Å². The summed E-state index contributed by atoms with van der Waals surface area (Å²) in [6, 6.07) is 20.3. The van der Waals surface area contributed by atoms with E-state index in [1.807, 2.05) is 48.2 Å². The van der Waals surface area contributed by atoms with Crippen molar-refractivity contribution >= 4 is 16.0 Å². The van der Waals surface area contributed by atoms with Crippen LogP contribution in [0.4, 0.5) is 0 Å². The summed E-state index contributed by atoms with van der Waals surface area (Å²) in [5.41, 5.74) is 3.63. The van der Waals surface area contributed by atoms with Gasteiger partial charge in [-0.2, -0.15) is 4.31 Å². The summed E-state index contributed by atoms with van der Waals surface area (Å²) in [7, 11) is -1.08. The van der Waals surface area contributed by atoms with Crippen molar-refractivity contribution in [3.63, 3.8) is 0 Å². The number of rotatable bonds is 5. The van der Waals surface area contributed by atoms with E-state index in [0.717, 1.165) is 16.7 Å². The molecule has 7 nitrogen and oxygen atoms in total. The molecule has 3 aromatic rings. The number of nitrogens with zero attached hydrogens (tertiary/aromatic N) is 2. The second-order valence-corrected chi connectivity index (χ2v) is 10.7. The van der Waals surface area contributed by atoms with E-state index < -0.39 is 34.2 Å². The molecule has 3 aromatic carbocycles. The largest absolute Gasteiger partial charge is 0.497 e. The fourth-order valence-corrected chi connectivity index (χ4v) is 7.00. The molecule has 0 N–H and O–H groups in total. The van der Waals surface area contributed by atoms with Gasteiger partial charge in [0.1, 0.15) is 18.0 Å². The maximum Gasteiger partial charge on any atom is 0.325 e. The number of methoxy groups -OCH3 is 2. The van der Waals surface area contributed by atoms with Crippen LogP contribution in [0.25, 0.3) is 0 Å². The van der Waals surface area contributed by atoms with Crippen molar-refractivity contribution in [2.24, 2.45) is 0 Å². The third-order valence-electron chi connectivity index (χ3n) is 6.95. The summed E-state index contributed by atoms with van der Waals surface area (Å²) < 4.78 is 40.6. The van der Waals surface area contributed by atoms with Crippen LogP contribution in [-0.4, -0.2) is 50.4 Å². The standard InChI is InChI=1S/C27H28N2O5S/c1-18-8-14-22(15-9-18)35(31,32)29-24(20-10-12-21(33-2)13-11-20)25(27(30)34-3)28-17-16-19-6-4-5-7-23(19)26(28)29/h4-15,24-26H,16-17H2,1-3H3/t24-,25+,26+/m0/s1. The molecule has 0 aliphatic carbocycles. The molecule has 0 unspecified atom stereocenters. The van der Waals surface area contributed by atoms with Gasteiger partial charge >= 0.3 is 5.97 Å². The fourth-order valence-electron chi connectivity index (χ4n) is 5.24. The van der Waals surface area contributed by atoms with E-state index in [1.54, 1.807) is 43.5 Å². The third kappa shape index (κ3) is 3.91. The molecule has 2 aliphatic rings. The zero-order valence-electron chi connectivity index (χ0n) is 19.9. The molecule has 0 amide bonds. The number of fused-ring (bicyclic) bond motifs is 3. The van der Waals surface area contributed by atoms with Gasteiger partial charge in [0.25, 0.3) is 0 Å². The number of ether oxygens (including phenoxy) is 2. The van der Waals surface area contributed by atoms with Crippen LogP contribution in [0.3, 0.4) is 0 Å². The molecule has 3 atom stereocenters. The number of hydrogen-bond acceptors (Lipinski definition) is 6. The van der Waals surface area contributed by atoms with Crippen LogP contribution in [-0.2, 0) is 26.0 Å². The van der Waals surface area contributed by atoms with Crippen LogP contribution in [0.2, 0.25) is 0 Å². The second kappa shape index (κ2) is 9.11. The first-order valence-corrected chi connectivity index (χ1v) is 13.0. The predicted molar refractivity (Wildman–Crippen MR) is 131 cm³/mol. The lowest BCUT2D eigenvalue weighted by molar-refractivity contribution is -0.147. The lowest BCUT2D eigenvalue weighted by Gasteiger charge is -2.36. The van der Waals surface area contributed by atoms with Gasteiger partial charge in [-0.3, -0.25) is 9.69 Å². The topological polar surface area (TPSA) is 76.1 Å². The highest BCUT2D eigenvalue weighted by molar-refractivity contribution is 7.89. The highest BCUT2D eigenvalue weighted by atomic mass is 32.2. The average Bonchev–Trinajstić information content (AvgIpc) is 3.25. The third-order valence-corrected chi connectivity index (χ3v) is 8.80. The zero-order valence-corrected chi connectivity index (χ0v) is 20.7. The zero-order chi connectivity index (χ0) is 24.7. The van der Waals surface area contributed by atoms with Gasteiger partial charge in [0, 0.05) is 6.54 Å². The highest BCUT2D eigenvalue weighted by Crippen LogP contribution is 2.51. The average molecular weight is 493 g/mol. The van der Waals surface area contributed by atoms with Crippen LogP contribution < -0.4 is 4.74 Å². The normalized spacial score (nSPS) is 22.3. The van der Waals surface area contributed by atoms with E-state index in [4.69, 9.17) is 9.47 Å². The van der Waals surface area contributed by atoms with Gasteiger partial charge in [-0.25, -0.2) is 8.42 Å². The quantitative estimate of drug-likeness (QED) is 0.504. The Bertz CT molecular complexity index is 1340. The van der Waals surface area contributed by atoms with E-state index >= 15 is 0 Å². The molecule has 2 aliphatic heterocycles. The van der Waals surface area contributed by atoms with E-state index in [0.29, 0.717) is 24.3 Å². The van der Waals surface area contributed by atoms with Crippen molar-refractivity contribution in [2.75, 3.05) is 20.8 Å². The summed E-state index contributed by atoms with van der Waals surface area (Å²) in [5.74, 6) is 0.189. The fraction of sp³-hybridized carbons (Fsp3) is 0.296. The van der Waals surface area contributed by atoms with Crippen LogP contribution in [0.1, 0.15) is 34.5 Å². The van der Waals surface area contributed by atoms with Gasteiger partial charge in [0.15, 0.2) is 0 Å². The first-order valence-electron chi connectivity index (χ1n) is 11.5. The SMILES string of the molecule is COC(=O)[C@H]1[C@H](c2ccc(OC)cc2)N(S(=O)(=O)c2ccc(C)cc2)[C@@H]2c3ccccc3CCN21. The molecule has 35 heavy (non-hydrogen) atoms. The number of sulfonamides is 1. The van der Waals surface area contributed by atoms with E-state index in [1.165, 1.54) is 11.4 Å². The lowest BCUT2D eigenvalue weighted by atomic mass is 9.96. The first-order chi connectivity index (χ1) is 16.9. The maximum atomic E-state index is 14.3. The number of carbonyl (C=O) groups is 1. The molecule has 0 spiro atoms. The maximum absolute atomic E-state index is 14.3. The summed E-state index contributed by atoms with van der Waals surface area (Å²) in [6.45, 7) is 2.45. The Balaban J connectivity index is 1.75. The molecule has 182 valence electrons. The predicted octanol–water partition coefficient (Wildman–Crippen LogP) is 3.85. The van der Waals surface area contributed by atoms with Crippen LogP contribution in [0.5, 0.6) is 5.75 Å². The molecule has 1 fully saturated rings. The molecular formula is C27H28N2O5S.